The summed E-state index contributed by atoms with van der Waals surface area (Å²) in [5.74, 6) is -0.707. The van der Waals surface area contributed by atoms with Gasteiger partial charge >= 0.3 is 12.3 Å². The van der Waals surface area contributed by atoms with Crippen molar-refractivity contribution in [2.75, 3.05) is 0 Å². The van der Waals surface area contributed by atoms with Gasteiger partial charge in [-0.25, -0.2) is 0 Å². The lowest BCUT2D eigenvalue weighted by Crippen LogP contribution is -2.42. The monoisotopic (exact) mass is 365 g/mol. The van der Waals surface area contributed by atoms with Crippen LogP contribution >= 0.6 is 0 Å². The van der Waals surface area contributed by atoms with Crippen molar-refractivity contribution in [1.82, 2.24) is 4.98 Å². The number of hydrogen-bond acceptors (Lipinski definition) is 4. The van der Waals surface area contributed by atoms with E-state index in [0.29, 0.717) is 5.69 Å². The Morgan fingerprint density at radius 2 is 1.85 bits per heavy atom. The van der Waals surface area contributed by atoms with Crippen LogP contribution in [0.1, 0.15) is 43.5 Å². The number of nitrogens with zero attached hydrogens (tertiary/aromatic N) is 1. The summed E-state index contributed by atoms with van der Waals surface area (Å²) in [6, 6.07) is 11.1. The van der Waals surface area contributed by atoms with E-state index in [9.17, 15) is 18.0 Å². The minimum Gasteiger partial charge on any atom is -0.455 e. The van der Waals surface area contributed by atoms with E-state index in [0.717, 1.165) is 24.8 Å². The van der Waals surface area contributed by atoms with Crippen LogP contribution in [0.5, 0.6) is 5.75 Å². The smallest absolute Gasteiger partial charge is 0.455 e. The highest BCUT2D eigenvalue weighted by Gasteiger charge is 2.49. The summed E-state index contributed by atoms with van der Waals surface area (Å²) in [5, 5.41) is 0. The zero-order valence-corrected chi connectivity index (χ0v) is 14.1. The van der Waals surface area contributed by atoms with Crippen molar-refractivity contribution in [2.24, 2.45) is 0 Å². The fourth-order valence-electron chi connectivity index (χ4n) is 3.40. The van der Waals surface area contributed by atoms with Crippen molar-refractivity contribution < 1.29 is 27.4 Å². The van der Waals surface area contributed by atoms with E-state index in [1.165, 1.54) is 19.1 Å². The van der Waals surface area contributed by atoms with Gasteiger partial charge in [-0.05, 0) is 42.7 Å². The molecule has 26 heavy (non-hydrogen) atoms. The third kappa shape index (κ3) is 3.81. The van der Waals surface area contributed by atoms with Crippen molar-refractivity contribution in [2.45, 2.75) is 44.1 Å². The molecule has 3 rings (SSSR count). The number of ether oxygens (including phenoxy) is 2. The van der Waals surface area contributed by atoms with Crippen LogP contribution in [0.25, 0.3) is 0 Å². The van der Waals surface area contributed by atoms with Gasteiger partial charge in [0.05, 0.1) is 5.69 Å². The molecular weight excluding hydrogens is 347 g/mol. The first-order valence-corrected chi connectivity index (χ1v) is 8.25. The van der Waals surface area contributed by atoms with Crippen molar-refractivity contribution in [1.29, 1.82) is 0 Å². The molecule has 0 saturated heterocycles. The topological polar surface area (TPSA) is 48.4 Å². The third-order valence-electron chi connectivity index (χ3n) is 4.65. The van der Waals surface area contributed by atoms with Gasteiger partial charge < -0.3 is 9.47 Å². The van der Waals surface area contributed by atoms with E-state index in [1.54, 1.807) is 30.5 Å². The van der Waals surface area contributed by atoms with Crippen LogP contribution in [0.15, 0.2) is 48.7 Å². The SMILES string of the molecule is CC(=O)OC(c1ccccn1)C1(c2ccc(OC(F)(F)F)cc2)CCC1. The number of alkyl halides is 3. The number of esters is 1. The van der Waals surface area contributed by atoms with Gasteiger partial charge in [0.25, 0.3) is 0 Å². The second-order valence-electron chi connectivity index (χ2n) is 6.33. The highest BCUT2D eigenvalue weighted by Crippen LogP contribution is 2.53. The third-order valence-corrected chi connectivity index (χ3v) is 4.65. The van der Waals surface area contributed by atoms with Gasteiger partial charge in [0.15, 0.2) is 6.10 Å². The van der Waals surface area contributed by atoms with Crippen LogP contribution in [-0.2, 0) is 14.9 Å². The van der Waals surface area contributed by atoms with Crippen LogP contribution < -0.4 is 4.74 Å². The maximum atomic E-state index is 12.4. The Kier molecular flexibility index (Phi) is 4.89. The second-order valence-corrected chi connectivity index (χ2v) is 6.33. The Hall–Kier alpha value is -2.57. The molecule has 1 aliphatic carbocycles. The number of carbonyl (C=O) groups excluding carboxylic acids is 1. The zero-order chi connectivity index (χ0) is 18.8. The van der Waals surface area contributed by atoms with Gasteiger partial charge in [-0.1, -0.05) is 24.6 Å². The van der Waals surface area contributed by atoms with E-state index >= 15 is 0 Å². The van der Waals surface area contributed by atoms with E-state index < -0.39 is 23.9 Å². The molecule has 1 atom stereocenters. The van der Waals surface area contributed by atoms with E-state index in [-0.39, 0.29) is 5.75 Å². The highest BCUT2D eigenvalue weighted by atomic mass is 19.4. The van der Waals surface area contributed by atoms with Crippen molar-refractivity contribution >= 4 is 5.97 Å². The first-order valence-electron chi connectivity index (χ1n) is 8.25. The predicted molar refractivity (Wildman–Crippen MR) is 87.4 cm³/mol. The minimum atomic E-state index is -4.73. The number of halogens is 3. The molecule has 0 amide bonds. The van der Waals surface area contributed by atoms with Gasteiger partial charge in [0, 0.05) is 18.5 Å². The van der Waals surface area contributed by atoms with Crippen molar-refractivity contribution in [3.8, 4) is 5.75 Å². The average molecular weight is 365 g/mol. The molecule has 1 aliphatic rings. The summed E-state index contributed by atoms with van der Waals surface area (Å²) in [4.78, 5) is 16.0. The quantitative estimate of drug-likeness (QED) is 0.720. The van der Waals surface area contributed by atoms with Gasteiger partial charge in [-0.3, -0.25) is 9.78 Å². The van der Waals surface area contributed by atoms with Gasteiger partial charge in [-0.2, -0.15) is 0 Å². The first kappa shape index (κ1) is 18.2. The average Bonchev–Trinajstić information content (AvgIpc) is 2.53. The molecule has 0 radical (unpaired) electrons. The molecule has 0 bridgehead atoms. The standard InChI is InChI=1S/C19H18F3NO3/c1-13(24)25-17(16-5-2-3-12-23-16)18(10-4-11-18)14-6-8-15(9-7-14)26-19(20,21)22/h2-3,5-9,12,17H,4,10-11H2,1H3. The maximum Gasteiger partial charge on any atom is 0.573 e. The van der Waals surface area contributed by atoms with Crippen LogP contribution in [0.3, 0.4) is 0 Å². The molecule has 4 nitrogen and oxygen atoms in total. The Bertz CT molecular complexity index is 756. The van der Waals surface area contributed by atoms with E-state index in [2.05, 4.69) is 9.72 Å². The molecule has 0 aliphatic heterocycles. The lowest BCUT2D eigenvalue weighted by atomic mass is 9.60. The minimum absolute atomic E-state index is 0.280. The molecule has 7 heteroatoms. The Balaban J connectivity index is 1.94. The summed E-state index contributed by atoms with van der Waals surface area (Å²) in [6.45, 7) is 1.34. The Morgan fingerprint density at radius 1 is 1.15 bits per heavy atom. The Labute approximate surface area is 149 Å². The van der Waals surface area contributed by atoms with Gasteiger partial charge in [0.1, 0.15) is 5.75 Å². The maximum absolute atomic E-state index is 12.4. The molecule has 1 heterocycles. The Morgan fingerprint density at radius 3 is 2.31 bits per heavy atom. The number of pyridine rings is 1. The molecule has 1 saturated carbocycles. The highest BCUT2D eigenvalue weighted by molar-refractivity contribution is 5.66. The van der Waals surface area contributed by atoms with Crippen LogP contribution in [0.4, 0.5) is 13.2 Å². The van der Waals surface area contributed by atoms with Crippen LogP contribution in [-0.4, -0.2) is 17.3 Å². The molecule has 1 aromatic heterocycles. The van der Waals surface area contributed by atoms with Gasteiger partial charge in [0.2, 0.25) is 0 Å². The summed E-state index contributed by atoms with van der Waals surface area (Å²) >= 11 is 0. The molecule has 1 unspecified atom stereocenters. The lowest BCUT2D eigenvalue weighted by Gasteiger charge is -2.47. The number of benzene rings is 1. The normalized spacial score (nSPS) is 17.1. The fourth-order valence-corrected chi connectivity index (χ4v) is 3.40. The molecule has 138 valence electrons. The summed E-state index contributed by atoms with van der Waals surface area (Å²) in [5.41, 5.74) is 0.921. The van der Waals surface area contributed by atoms with Gasteiger partial charge in [-0.15, -0.1) is 13.2 Å². The molecule has 1 aromatic carbocycles. The molecule has 1 fully saturated rings. The largest absolute Gasteiger partial charge is 0.573 e. The summed E-state index contributed by atoms with van der Waals surface area (Å²) in [6.07, 6.45) is -1.26. The van der Waals surface area contributed by atoms with E-state index in [1.807, 2.05) is 6.07 Å². The van der Waals surface area contributed by atoms with Crippen molar-refractivity contribution in [3.63, 3.8) is 0 Å². The number of aromatic nitrogens is 1. The van der Waals surface area contributed by atoms with Crippen LogP contribution in [0.2, 0.25) is 0 Å². The fraction of sp³-hybridized carbons (Fsp3) is 0.368. The molecule has 2 aromatic rings. The second kappa shape index (κ2) is 6.97. The molecule has 0 N–H and O–H groups in total. The molecule has 0 spiro atoms. The first-order chi connectivity index (χ1) is 12.3. The van der Waals surface area contributed by atoms with Crippen LogP contribution in [0, 0.1) is 0 Å². The number of rotatable bonds is 5. The predicted octanol–water partition coefficient (Wildman–Crippen LogP) is 4.71. The van der Waals surface area contributed by atoms with E-state index in [4.69, 9.17) is 4.74 Å². The zero-order valence-electron chi connectivity index (χ0n) is 14.1. The summed E-state index contributed by atoms with van der Waals surface area (Å²) in [7, 11) is 0. The number of carbonyl (C=O) groups is 1. The molecular formula is C19H18F3NO3. The summed E-state index contributed by atoms with van der Waals surface area (Å²) < 4.78 is 46.6. The van der Waals surface area contributed by atoms with Crippen molar-refractivity contribution in [3.05, 3.63) is 59.9 Å². The lowest BCUT2D eigenvalue weighted by molar-refractivity contribution is -0.274. The number of hydrogen-bond donors (Lipinski definition) is 0.